The van der Waals surface area contributed by atoms with Gasteiger partial charge in [-0.15, -0.1) is 0 Å². The van der Waals surface area contributed by atoms with Crippen molar-refractivity contribution in [2.75, 3.05) is 13.1 Å². The molecule has 2 aliphatic rings. The van der Waals surface area contributed by atoms with Crippen LogP contribution in [0.2, 0.25) is 5.02 Å². The molecule has 23 heavy (non-hydrogen) atoms. The molecule has 1 aromatic rings. The fraction of sp³-hybridized carbons (Fsp3) is 0.611. The van der Waals surface area contributed by atoms with Gasteiger partial charge in [0, 0.05) is 23.5 Å². The van der Waals surface area contributed by atoms with E-state index >= 15 is 0 Å². The largest absolute Gasteiger partial charge is 0.384 e. The van der Waals surface area contributed by atoms with Gasteiger partial charge in [-0.1, -0.05) is 37.6 Å². The van der Waals surface area contributed by atoms with Gasteiger partial charge in [-0.2, -0.15) is 0 Å². The molecule has 1 saturated carbocycles. The van der Waals surface area contributed by atoms with Crippen LogP contribution in [0, 0.1) is 11.3 Å². The number of hydrogen-bond donors (Lipinski definition) is 2. The third-order valence-corrected chi connectivity index (χ3v) is 5.86. The average molecular weight is 337 g/mol. The maximum Gasteiger partial charge on any atom is 0.239 e. The van der Waals surface area contributed by atoms with Gasteiger partial charge in [0.25, 0.3) is 0 Å². The van der Waals surface area contributed by atoms with E-state index in [1.54, 1.807) is 0 Å². The molecule has 4 nitrogen and oxygen atoms in total. The average Bonchev–Trinajstić information content (AvgIpc) is 3.30. The number of nitrogens with zero attached hydrogens (tertiary/aromatic N) is 1. The van der Waals surface area contributed by atoms with Crippen LogP contribution in [0.3, 0.4) is 0 Å². The summed E-state index contributed by atoms with van der Waals surface area (Å²) in [6.07, 6.45) is 2.42. The molecule has 1 unspecified atom stereocenters. The summed E-state index contributed by atoms with van der Waals surface area (Å²) < 4.78 is 0. The zero-order valence-corrected chi connectivity index (χ0v) is 14.5. The van der Waals surface area contributed by atoms with Crippen molar-refractivity contribution in [2.24, 2.45) is 17.1 Å². The minimum absolute atomic E-state index is 0.00410. The normalized spacial score (nSPS) is 27.3. The van der Waals surface area contributed by atoms with Crippen LogP contribution in [0.4, 0.5) is 0 Å². The van der Waals surface area contributed by atoms with Crippen molar-refractivity contribution in [2.45, 2.75) is 44.8 Å². The summed E-state index contributed by atoms with van der Waals surface area (Å²) in [7, 11) is 0. The molecule has 0 radical (unpaired) electrons. The number of piperidine rings is 1. The van der Waals surface area contributed by atoms with E-state index in [4.69, 9.17) is 17.3 Å². The summed E-state index contributed by atoms with van der Waals surface area (Å²) in [5, 5.41) is 12.0. The van der Waals surface area contributed by atoms with Crippen molar-refractivity contribution in [3.05, 3.63) is 34.9 Å². The van der Waals surface area contributed by atoms with E-state index in [9.17, 15) is 9.90 Å². The van der Waals surface area contributed by atoms with Crippen molar-refractivity contribution in [1.29, 1.82) is 0 Å². The van der Waals surface area contributed by atoms with Gasteiger partial charge >= 0.3 is 0 Å². The molecule has 1 aromatic carbocycles. The highest BCUT2D eigenvalue weighted by molar-refractivity contribution is 6.30. The standard InChI is InChI=1S/C18H25ClN2O2/c1-12(2)15(20)16(22)21-10-9-18(23,17(11-21)7-8-17)13-3-5-14(19)6-4-13/h3-6,12,15,23H,7-11,20H2,1-2H3/t15-,18?/m1/s1. The number of likely N-dealkylation sites (tertiary alicyclic amines) is 1. The van der Waals surface area contributed by atoms with Gasteiger partial charge in [-0.25, -0.2) is 0 Å². The second kappa shape index (κ2) is 5.76. The van der Waals surface area contributed by atoms with Crippen molar-refractivity contribution < 1.29 is 9.90 Å². The van der Waals surface area contributed by atoms with Gasteiger partial charge in [-0.05, 0) is 42.9 Å². The molecule has 126 valence electrons. The molecule has 2 atom stereocenters. The van der Waals surface area contributed by atoms with Crippen LogP contribution in [0.15, 0.2) is 24.3 Å². The zero-order chi connectivity index (χ0) is 16.8. The van der Waals surface area contributed by atoms with Gasteiger partial charge in [0.2, 0.25) is 5.91 Å². The number of hydrogen-bond acceptors (Lipinski definition) is 3. The van der Waals surface area contributed by atoms with Gasteiger partial charge in [0.15, 0.2) is 0 Å². The van der Waals surface area contributed by atoms with Crippen LogP contribution in [0.5, 0.6) is 0 Å². The molecule has 1 heterocycles. The molecule has 3 N–H and O–H groups in total. The maximum absolute atomic E-state index is 12.5. The monoisotopic (exact) mass is 336 g/mol. The van der Waals surface area contributed by atoms with E-state index in [0.717, 1.165) is 18.4 Å². The van der Waals surface area contributed by atoms with E-state index < -0.39 is 11.6 Å². The number of rotatable bonds is 3. The first kappa shape index (κ1) is 16.7. The number of nitrogens with two attached hydrogens (primary N) is 1. The van der Waals surface area contributed by atoms with Crippen LogP contribution in [-0.4, -0.2) is 35.0 Å². The summed E-state index contributed by atoms with van der Waals surface area (Å²) in [5.41, 5.74) is 5.82. The van der Waals surface area contributed by atoms with E-state index in [2.05, 4.69) is 0 Å². The van der Waals surface area contributed by atoms with Gasteiger partial charge in [-0.3, -0.25) is 4.79 Å². The molecule has 2 fully saturated rings. The number of halogens is 1. The third-order valence-electron chi connectivity index (χ3n) is 5.60. The fourth-order valence-corrected chi connectivity index (χ4v) is 3.85. The molecule has 1 spiro atoms. The quantitative estimate of drug-likeness (QED) is 0.891. The Labute approximate surface area is 142 Å². The van der Waals surface area contributed by atoms with E-state index in [1.807, 2.05) is 43.0 Å². The zero-order valence-electron chi connectivity index (χ0n) is 13.8. The number of aliphatic hydroxyl groups is 1. The highest BCUT2D eigenvalue weighted by Gasteiger charge is 2.62. The van der Waals surface area contributed by atoms with Crippen LogP contribution >= 0.6 is 11.6 Å². The Morgan fingerprint density at radius 3 is 2.39 bits per heavy atom. The number of benzene rings is 1. The second-order valence-electron chi connectivity index (χ2n) is 7.43. The Hall–Kier alpha value is -1.10. The van der Waals surface area contributed by atoms with Gasteiger partial charge in [0.05, 0.1) is 11.6 Å². The lowest BCUT2D eigenvalue weighted by molar-refractivity contribution is -0.146. The number of carbonyl (C=O) groups is 1. The first-order chi connectivity index (χ1) is 10.8. The Balaban J connectivity index is 1.81. The van der Waals surface area contributed by atoms with E-state index in [1.165, 1.54) is 0 Å². The summed E-state index contributed by atoms with van der Waals surface area (Å²) in [4.78, 5) is 14.4. The lowest BCUT2D eigenvalue weighted by Gasteiger charge is -2.46. The Bertz CT molecular complexity index is 598. The first-order valence-corrected chi connectivity index (χ1v) is 8.70. The van der Waals surface area contributed by atoms with Crippen molar-refractivity contribution in [3.8, 4) is 0 Å². The van der Waals surface area contributed by atoms with Crippen LogP contribution in [-0.2, 0) is 10.4 Å². The lowest BCUT2D eigenvalue weighted by atomic mass is 9.73. The minimum atomic E-state index is -0.879. The highest BCUT2D eigenvalue weighted by atomic mass is 35.5. The molecule has 0 aromatic heterocycles. The van der Waals surface area contributed by atoms with Gasteiger partial charge < -0.3 is 15.7 Å². The molecule has 1 aliphatic heterocycles. The molecular formula is C18H25ClN2O2. The maximum atomic E-state index is 12.5. The number of carbonyl (C=O) groups excluding carboxylic acids is 1. The molecule has 5 heteroatoms. The molecule has 1 saturated heterocycles. The third kappa shape index (κ3) is 2.77. The lowest BCUT2D eigenvalue weighted by Crippen LogP contribution is -2.57. The Kier molecular flexibility index (Phi) is 4.20. The fourth-order valence-electron chi connectivity index (χ4n) is 3.72. The summed E-state index contributed by atoms with van der Waals surface area (Å²) >= 11 is 5.96. The van der Waals surface area contributed by atoms with E-state index in [0.29, 0.717) is 24.5 Å². The first-order valence-electron chi connectivity index (χ1n) is 8.32. The van der Waals surface area contributed by atoms with Crippen molar-refractivity contribution in [3.63, 3.8) is 0 Å². The van der Waals surface area contributed by atoms with Gasteiger partial charge in [0.1, 0.15) is 0 Å². The molecule has 1 aliphatic carbocycles. The predicted octanol–water partition coefficient (Wildman–Crippen LogP) is 2.52. The molecular weight excluding hydrogens is 312 g/mol. The minimum Gasteiger partial charge on any atom is -0.384 e. The Morgan fingerprint density at radius 2 is 1.87 bits per heavy atom. The summed E-state index contributed by atoms with van der Waals surface area (Å²) in [6.45, 7) is 5.05. The van der Waals surface area contributed by atoms with Crippen LogP contribution in [0.25, 0.3) is 0 Å². The summed E-state index contributed by atoms with van der Waals surface area (Å²) in [5.74, 6) is 0.124. The highest BCUT2D eigenvalue weighted by Crippen LogP contribution is 2.62. The topological polar surface area (TPSA) is 66.6 Å². The smallest absolute Gasteiger partial charge is 0.239 e. The van der Waals surface area contributed by atoms with Crippen LogP contribution < -0.4 is 5.73 Å². The summed E-state index contributed by atoms with van der Waals surface area (Å²) in [6, 6.07) is 6.97. The Morgan fingerprint density at radius 1 is 1.26 bits per heavy atom. The number of amides is 1. The van der Waals surface area contributed by atoms with Crippen LogP contribution in [0.1, 0.15) is 38.7 Å². The molecule has 3 rings (SSSR count). The van der Waals surface area contributed by atoms with Crippen molar-refractivity contribution >= 4 is 17.5 Å². The predicted molar refractivity (Wildman–Crippen MR) is 91.0 cm³/mol. The molecule has 1 amide bonds. The second-order valence-corrected chi connectivity index (χ2v) is 7.86. The van der Waals surface area contributed by atoms with Crippen molar-refractivity contribution in [1.82, 2.24) is 4.90 Å². The van der Waals surface area contributed by atoms with E-state index in [-0.39, 0.29) is 17.2 Å². The molecule has 0 bridgehead atoms. The SMILES string of the molecule is CC(C)[C@@H](N)C(=O)N1CCC(O)(c2ccc(Cl)cc2)C2(CC2)C1.